The molecule has 0 bridgehead atoms. The molecule has 2 aliphatic rings. The fraction of sp³-hybridized carbons (Fsp3) is 0.300. The summed E-state index contributed by atoms with van der Waals surface area (Å²) in [7, 11) is 1.62. The summed E-state index contributed by atoms with van der Waals surface area (Å²) in [4.78, 5) is 32.4. The van der Waals surface area contributed by atoms with E-state index in [-0.39, 0.29) is 11.3 Å². The first kappa shape index (κ1) is 23.7. The van der Waals surface area contributed by atoms with Gasteiger partial charge in [-0.25, -0.2) is 4.99 Å². The van der Waals surface area contributed by atoms with Gasteiger partial charge >= 0.3 is 0 Å². The van der Waals surface area contributed by atoms with E-state index in [9.17, 15) is 9.59 Å². The second kappa shape index (κ2) is 8.70. The molecule has 1 aliphatic carbocycles. The Kier molecular flexibility index (Phi) is 5.57. The smallest absolute Gasteiger partial charge is 0.271 e. The Balaban J connectivity index is 1.64. The molecule has 4 aromatic rings. The molecule has 0 saturated heterocycles. The fourth-order valence-corrected chi connectivity index (χ4v) is 6.80. The van der Waals surface area contributed by atoms with Gasteiger partial charge in [0.2, 0.25) is 0 Å². The first-order valence-corrected chi connectivity index (χ1v) is 13.4. The van der Waals surface area contributed by atoms with E-state index in [1.165, 1.54) is 35.6 Å². The van der Waals surface area contributed by atoms with Crippen molar-refractivity contribution in [2.45, 2.75) is 52.6 Å². The van der Waals surface area contributed by atoms with Crippen LogP contribution in [0.25, 0.3) is 16.8 Å². The molecular weight excluding hydrogens is 482 g/mol. The van der Waals surface area contributed by atoms with E-state index in [1.54, 1.807) is 18.6 Å². The Morgan fingerprint density at radius 1 is 1.11 bits per heavy atom. The lowest BCUT2D eigenvalue weighted by Gasteiger charge is -2.27. The van der Waals surface area contributed by atoms with Gasteiger partial charge in [-0.15, -0.1) is 0 Å². The van der Waals surface area contributed by atoms with E-state index >= 15 is 0 Å². The minimum atomic E-state index is -0.629. The Morgan fingerprint density at radius 3 is 2.57 bits per heavy atom. The van der Waals surface area contributed by atoms with Crippen molar-refractivity contribution in [3.8, 4) is 5.75 Å². The molecule has 2 aromatic carbocycles. The molecule has 0 N–H and O–H groups in total. The zero-order valence-corrected chi connectivity index (χ0v) is 22.5. The Hall–Kier alpha value is -3.71. The Morgan fingerprint density at radius 2 is 1.86 bits per heavy atom. The van der Waals surface area contributed by atoms with Crippen molar-refractivity contribution < 1.29 is 9.53 Å². The topological polar surface area (TPSA) is 65.6 Å². The maximum absolute atomic E-state index is 14.1. The van der Waals surface area contributed by atoms with Gasteiger partial charge in [0.1, 0.15) is 5.75 Å². The summed E-state index contributed by atoms with van der Waals surface area (Å²) in [5, 5.41) is 1.97. The van der Waals surface area contributed by atoms with Crippen molar-refractivity contribution in [1.82, 2.24) is 9.13 Å². The van der Waals surface area contributed by atoms with Crippen LogP contribution in [0.5, 0.6) is 5.75 Å². The summed E-state index contributed by atoms with van der Waals surface area (Å²) in [5.41, 5.74) is 5.25. The molecule has 6 rings (SSSR count). The number of methoxy groups -OCH3 is 1. The number of fused-ring (bicyclic) bond motifs is 2. The summed E-state index contributed by atoms with van der Waals surface area (Å²) in [6.07, 6.45) is 4.39. The maximum atomic E-state index is 14.1. The van der Waals surface area contributed by atoms with E-state index in [0.717, 1.165) is 21.9 Å². The van der Waals surface area contributed by atoms with Gasteiger partial charge < -0.3 is 9.30 Å². The van der Waals surface area contributed by atoms with Gasteiger partial charge in [-0.2, -0.15) is 0 Å². The van der Waals surface area contributed by atoms with Crippen LogP contribution in [0.3, 0.4) is 0 Å². The number of carbonyl (C=O) groups is 1. The molecule has 1 fully saturated rings. The van der Waals surface area contributed by atoms with Crippen LogP contribution in [0.4, 0.5) is 0 Å². The highest BCUT2D eigenvalue weighted by Gasteiger charge is 2.34. The number of rotatable bonds is 5. The van der Waals surface area contributed by atoms with Crippen molar-refractivity contribution in [2.75, 3.05) is 7.11 Å². The SMILES string of the molecule is COc1ccc2ccccc2c1[C@H]1C(C(C)=O)=C(C)N=c2s/c(=C\c3cc(C)n(C4CC4)c3C)c(=O)n21. The normalized spacial score (nSPS) is 17.8. The molecule has 0 spiro atoms. The molecule has 1 aliphatic heterocycles. The number of ketones is 1. The van der Waals surface area contributed by atoms with Gasteiger partial charge in [0.25, 0.3) is 5.56 Å². The first-order chi connectivity index (χ1) is 17.8. The molecule has 6 nitrogen and oxygen atoms in total. The van der Waals surface area contributed by atoms with Crippen molar-refractivity contribution in [2.24, 2.45) is 4.99 Å². The fourth-order valence-electron chi connectivity index (χ4n) is 5.76. The van der Waals surface area contributed by atoms with Crippen LogP contribution in [0, 0.1) is 13.8 Å². The Labute approximate surface area is 218 Å². The van der Waals surface area contributed by atoms with Crippen LogP contribution in [0.1, 0.15) is 61.3 Å². The lowest BCUT2D eigenvalue weighted by molar-refractivity contribution is -0.114. The highest BCUT2D eigenvalue weighted by Crippen LogP contribution is 2.40. The van der Waals surface area contributed by atoms with Gasteiger partial charge in [0.05, 0.1) is 17.7 Å². The zero-order chi connectivity index (χ0) is 26.0. The largest absolute Gasteiger partial charge is 0.496 e. The van der Waals surface area contributed by atoms with Crippen molar-refractivity contribution in [3.63, 3.8) is 0 Å². The predicted molar refractivity (Wildman–Crippen MR) is 147 cm³/mol. The average Bonchev–Trinajstić information content (AvgIpc) is 3.60. The third-order valence-corrected chi connectivity index (χ3v) is 8.53. The number of thiazole rings is 1. The minimum Gasteiger partial charge on any atom is -0.496 e. The van der Waals surface area contributed by atoms with Crippen LogP contribution in [0.2, 0.25) is 0 Å². The molecule has 3 heterocycles. The van der Waals surface area contributed by atoms with E-state index in [4.69, 9.17) is 9.73 Å². The summed E-state index contributed by atoms with van der Waals surface area (Å²) in [6.45, 7) is 7.64. The number of hydrogen-bond donors (Lipinski definition) is 0. The molecule has 7 heteroatoms. The molecule has 1 atom stereocenters. The van der Waals surface area contributed by atoms with Crippen LogP contribution in [0.15, 0.2) is 63.5 Å². The Bertz CT molecular complexity index is 1810. The van der Waals surface area contributed by atoms with Gasteiger partial charge in [-0.1, -0.05) is 41.7 Å². The van der Waals surface area contributed by atoms with Gasteiger partial charge in [-0.05, 0) is 75.1 Å². The highest BCUT2D eigenvalue weighted by molar-refractivity contribution is 7.07. The van der Waals surface area contributed by atoms with Crippen molar-refractivity contribution in [3.05, 3.63) is 95.9 Å². The van der Waals surface area contributed by atoms with Gasteiger partial charge in [-0.3, -0.25) is 14.2 Å². The third-order valence-electron chi connectivity index (χ3n) is 7.55. The van der Waals surface area contributed by atoms with Gasteiger partial charge in [0, 0.05) is 34.3 Å². The number of carbonyl (C=O) groups excluding carboxylic acids is 1. The number of nitrogens with zero attached hydrogens (tertiary/aromatic N) is 3. The summed E-state index contributed by atoms with van der Waals surface area (Å²) in [5.74, 6) is 0.531. The van der Waals surface area contributed by atoms with Crippen LogP contribution >= 0.6 is 11.3 Å². The minimum absolute atomic E-state index is 0.108. The molecule has 188 valence electrons. The number of allylic oxidation sites excluding steroid dienone is 2. The molecule has 0 unspecified atom stereocenters. The standard InChI is InChI=1S/C30H29N3O3S/c1-16-14-21(18(3)32(16)22-11-12-22)15-25-29(35)33-28(26(19(4)34)17(2)31-30(33)37-25)27-23-9-7-6-8-20(23)10-13-24(27)36-5/h6-10,13-15,22,28H,11-12H2,1-5H3/b25-15-/t28-/m1/s1. The average molecular weight is 512 g/mol. The number of aromatic nitrogens is 2. The van der Waals surface area contributed by atoms with E-state index < -0.39 is 6.04 Å². The zero-order valence-electron chi connectivity index (χ0n) is 21.7. The number of Topliss-reactive ketones (excluding diaryl/α,β-unsaturated/α-hetero) is 1. The highest BCUT2D eigenvalue weighted by atomic mass is 32.1. The second-order valence-corrected chi connectivity index (χ2v) is 11.0. The third kappa shape index (κ3) is 3.72. The second-order valence-electron chi connectivity index (χ2n) is 9.97. The number of ether oxygens (including phenoxy) is 1. The lowest BCUT2D eigenvalue weighted by atomic mass is 9.89. The summed E-state index contributed by atoms with van der Waals surface area (Å²) in [6, 6.07) is 14.0. The molecular formula is C30H29N3O3S. The number of benzene rings is 2. The van der Waals surface area contributed by atoms with E-state index in [2.05, 4.69) is 24.5 Å². The first-order valence-electron chi connectivity index (χ1n) is 12.6. The van der Waals surface area contributed by atoms with Crippen LogP contribution in [-0.4, -0.2) is 22.0 Å². The molecule has 37 heavy (non-hydrogen) atoms. The molecule has 1 saturated carbocycles. The summed E-state index contributed by atoms with van der Waals surface area (Å²) < 4.78 is 10.5. The van der Waals surface area contributed by atoms with Crippen LogP contribution in [-0.2, 0) is 4.79 Å². The molecule has 0 amide bonds. The monoisotopic (exact) mass is 511 g/mol. The van der Waals surface area contributed by atoms with Crippen molar-refractivity contribution in [1.29, 1.82) is 0 Å². The predicted octanol–water partition coefficient (Wildman–Crippen LogP) is 4.74. The maximum Gasteiger partial charge on any atom is 0.271 e. The molecule has 2 aromatic heterocycles. The van der Waals surface area contributed by atoms with Gasteiger partial charge in [0.15, 0.2) is 10.6 Å². The van der Waals surface area contributed by atoms with Crippen LogP contribution < -0.4 is 19.6 Å². The quantitative estimate of drug-likeness (QED) is 0.389. The van der Waals surface area contributed by atoms with Crippen molar-refractivity contribution >= 4 is 34.0 Å². The molecule has 0 radical (unpaired) electrons. The lowest BCUT2D eigenvalue weighted by Crippen LogP contribution is -2.39. The van der Waals surface area contributed by atoms with E-state index in [1.807, 2.05) is 49.4 Å². The number of aryl methyl sites for hydroxylation is 1. The number of hydrogen-bond acceptors (Lipinski definition) is 5. The van der Waals surface area contributed by atoms with E-state index in [0.29, 0.717) is 32.4 Å². The summed E-state index contributed by atoms with van der Waals surface area (Å²) >= 11 is 1.37.